The number of hydrogen-bond acceptors (Lipinski definition) is 6. The maximum absolute atomic E-state index is 13.0. The van der Waals surface area contributed by atoms with Gasteiger partial charge in [0, 0.05) is 23.3 Å². The van der Waals surface area contributed by atoms with Gasteiger partial charge in [0.2, 0.25) is 0 Å². The third-order valence-corrected chi connectivity index (χ3v) is 6.39. The number of fused-ring (bicyclic) bond motifs is 3. The Kier molecular flexibility index (Phi) is 5.43. The Morgan fingerprint density at radius 2 is 1.68 bits per heavy atom. The van der Waals surface area contributed by atoms with Crippen LogP contribution in [-0.2, 0) is 26.1 Å². The maximum atomic E-state index is 13.0. The molecular formula is C23H21NO6S. The van der Waals surface area contributed by atoms with Crippen molar-refractivity contribution in [2.45, 2.75) is 18.4 Å². The van der Waals surface area contributed by atoms with Crippen LogP contribution in [0.1, 0.15) is 21.7 Å². The minimum atomic E-state index is -3.85. The summed E-state index contributed by atoms with van der Waals surface area (Å²) in [5.41, 5.74) is 1.96. The largest absolute Gasteiger partial charge is 0.465 e. The zero-order chi connectivity index (χ0) is 22.2. The van der Waals surface area contributed by atoms with E-state index in [1.165, 1.54) is 14.2 Å². The van der Waals surface area contributed by atoms with Gasteiger partial charge >= 0.3 is 5.97 Å². The van der Waals surface area contributed by atoms with Crippen LogP contribution in [-0.4, -0.2) is 28.6 Å². The minimum absolute atomic E-state index is 0.0673. The zero-order valence-electron chi connectivity index (χ0n) is 17.3. The summed E-state index contributed by atoms with van der Waals surface area (Å²) in [5.74, 6) is -0.276. The molecular weight excluding hydrogens is 418 g/mol. The van der Waals surface area contributed by atoms with Crippen molar-refractivity contribution in [3.05, 3.63) is 71.5 Å². The van der Waals surface area contributed by atoms with Crippen LogP contribution < -0.4 is 4.72 Å². The lowest BCUT2D eigenvalue weighted by molar-refractivity contribution is 0.0594. The van der Waals surface area contributed by atoms with E-state index in [1.807, 2.05) is 19.1 Å². The van der Waals surface area contributed by atoms with Crippen LogP contribution in [0.5, 0.6) is 0 Å². The smallest absolute Gasteiger partial charge is 0.342 e. The maximum Gasteiger partial charge on any atom is 0.342 e. The number of benzene rings is 3. The molecule has 0 radical (unpaired) electrons. The van der Waals surface area contributed by atoms with Gasteiger partial charge in [-0.05, 0) is 25.1 Å². The average Bonchev–Trinajstić information content (AvgIpc) is 3.12. The van der Waals surface area contributed by atoms with Crippen molar-refractivity contribution in [3.8, 4) is 0 Å². The number of nitrogens with one attached hydrogen (secondary N) is 1. The Hall–Kier alpha value is -3.36. The molecule has 0 fully saturated rings. The Morgan fingerprint density at radius 1 is 1.00 bits per heavy atom. The van der Waals surface area contributed by atoms with Crippen molar-refractivity contribution in [2.75, 3.05) is 18.9 Å². The third-order valence-electron chi connectivity index (χ3n) is 5.01. The van der Waals surface area contributed by atoms with Gasteiger partial charge in [0.25, 0.3) is 10.0 Å². The monoisotopic (exact) mass is 439 g/mol. The van der Waals surface area contributed by atoms with Crippen LogP contribution >= 0.6 is 0 Å². The number of ether oxygens (including phenoxy) is 2. The SMILES string of the molecule is COCc1oc2c(cc(NS(=O)(=O)c3ccc(C)cc3)c3ccccc32)c1C(=O)OC. The van der Waals surface area contributed by atoms with Crippen LogP contribution in [0, 0.1) is 6.92 Å². The predicted molar refractivity (Wildman–Crippen MR) is 118 cm³/mol. The van der Waals surface area contributed by atoms with Gasteiger partial charge in [0.1, 0.15) is 23.5 Å². The van der Waals surface area contributed by atoms with Gasteiger partial charge < -0.3 is 13.9 Å². The van der Waals surface area contributed by atoms with Crippen molar-refractivity contribution < 1.29 is 27.1 Å². The molecule has 3 aromatic carbocycles. The molecule has 8 heteroatoms. The molecule has 4 rings (SSSR count). The number of anilines is 1. The molecule has 0 aliphatic carbocycles. The standard InChI is InChI=1S/C23H21NO6S/c1-14-8-10-15(11-9-14)31(26,27)24-19-12-18-21(23(25)29-3)20(13-28-2)30-22(18)17-7-5-4-6-16(17)19/h4-12,24H,13H2,1-3H3. The van der Waals surface area contributed by atoms with E-state index in [9.17, 15) is 13.2 Å². The molecule has 0 aliphatic rings. The van der Waals surface area contributed by atoms with Gasteiger partial charge in [-0.3, -0.25) is 4.72 Å². The Bertz CT molecular complexity index is 1390. The first-order valence-electron chi connectivity index (χ1n) is 9.49. The number of hydrogen-bond donors (Lipinski definition) is 1. The number of rotatable bonds is 6. The van der Waals surface area contributed by atoms with Crippen molar-refractivity contribution in [2.24, 2.45) is 0 Å². The van der Waals surface area contributed by atoms with E-state index >= 15 is 0 Å². The van der Waals surface area contributed by atoms with E-state index in [-0.39, 0.29) is 17.1 Å². The molecule has 1 aromatic heterocycles. The highest BCUT2D eigenvalue weighted by molar-refractivity contribution is 7.92. The Labute approximate surface area is 179 Å². The first kappa shape index (κ1) is 20.9. The Morgan fingerprint density at radius 3 is 2.32 bits per heavy atom. The summed E-state index contributed by atoms with van der Waals surface area (Å²) in [4.78, 5) is 12.6. The normalized spacial score (nSPS) is 11.7. The molecule has 0 spiro atoms. The number of methoxy groups -OCH3 is 2. The van der Waals surface area contributed by atoms with E-state index in [0.717, 1.165) is 5.56 Å². The molecule has 0 saturated heterocycles. The predicted octanol–water partition coefficient (Wildman–Crippen LogP) is 4.63. The molecule has 0 unspecified atom stereocenters. The highest BCUT2D eigenvalue weighted by Crippen LogP contribution is 2.38. The second-order valence-corrected chi connectivity index (χ2v) is 8.77. The van der Waals surface area contributed by atoms with Gasteiger partial charge in [-0.15, -0.1) is 0 Å². The molecule has 31 heavy (non-hydrogen) atoms. The third kappa shape index (κ3) is 3.75. The lowest BCUT2D eigenvalue weighted by Crippen LogP contribution is -2.13. The number of furan rings is 1. The lowest BCUT2D eigenvalue weighted by atomic mass is 10.0. The number of carbonyl (C=O) groups excluding carboxylic acids is 1. The van der Waals surface area contributed by atoms with Gasteiger partial charge in [0.15, 0.2) is 0 Å². The summed E-state index contributed by atoms with van der Waals surface area (Å²) in [6, 6.07) is 15.4. The molecule has 0 bridgehead atoms. The minimum Gasteiger partial charge on any atom is -0.465 e. The van der Waals surface area contributed by atoms with Gasteiger partial charge in [0.05, 0.1) is 17.7 Å². The van der Waals surface area contributed by atoms with Crippen molar-refractivity contribution in [1.82, 2.24) is 0 Å². The Balaban J connectivity index is 1.96. The van der Waals surface area contributed by atoms with Crippen LogP contribution in [0.15, 0.2) is 63.9 Å². The number of sulfonamides is 1. The molecule has 0 aliphatic heterocycles. The summed E-state index contributed by atoms with van der Waals surface area (Å²) in [5, 5.41) is 1.74. The number of aryl methyl sites for hydroxylation is 1. The molecule has 0 amide bonds. The summed E-state index contributed by atoms with van der Waals surface area (Å²) in [6.07, 6.45) is 0. The summed E-state index contributed by atoms with van der Waals surface area (Å²) < 4.78 is 44.8. The highest BCUT2D eigenvalue weighted by Gasteiger charge is 2.25. The lowest BCUT2D eigenvalue weighted by Gasteiger charge is -2.12. The van der Waals surface area contributed by atoms with E-state index in [0.29, 0.717) is 33.2 Å². The van der Waals surface area contributed by atoms with E-state index in [2.05, 4.69) is 4.72 Å². The quantitative estimate of drug-likeness (QED) is 0.440. The molecule has 7 nitrogen and oxygen atoms in total. The molecule has 4 aromatic rings. The summed E-state index contributed by atoms with van der Waals surface area (Å²) in [6.45, 7) is 1.95. The fourth-order valence-corrected chi connectivity index (χ4v) is 4.60. The molecule has 0 atom stereocenters. The topological polar surface area (TPSA) is 94.8 Å². The molecule has 1 N–H and O–H groups in total. The highest BCUT2D eigenvalue weighted by atomic mass is 32.2. The first-order chi connectivity index (χ1) is 14.9. The van der Waals surface area contributed by atoms with Gasteiger partial charge in [-0.25, -0.2) is 13.2 Å². The molecule has 1 heterocycles. The van der Waals surface area contributed by atoms with Crippen molar-refractivity contribution in [3.63, 3.8) is 0 Å². The molecule has 160 valence electrons. The van der Waals surface area contributed by atoms with Crippen LogP contribution in [0.4, 0.5) is 5.69 Å². The second kappa shape index (κ2) is 8.05. The second-order valence-electron chi connectivity index (χ2n) is 7.09. The average molecular weight is 439 g/mol. The fourth-order valence-electron chi connectivity index (χ4n) is 3.53. The zero-order valence-corrected chi connectivity index (χ0v) is 18.1. The fraction of sp³-hybridized carbons (Fsp3) is 0.174. The van der Waals surface area contributed by atoms with Crippen LogP contribution in [0.3, 0.4) is 0 Å². The van der Waals surface area contributed by atoms with Crippen molar-refractivity contribution >= 4 is 43.4 Å². The van der Waals surface area contributed by atoms with E-state index in [1.54, 1.807) is 42.5 Å². The molecule has 0 saturated carbocycles. The van der Waals surface area contributed by atoms with Crippen LogP contribution in [0.2, 0.25) is 0 Å². The number of carbonyl (C=O) groups is 1. The van der Waals surface area contributed by atoms with Crippen LogP contribution in [0.25, 0.3) is 21.7 Å². The van der Waals surface area contributed by atoms with E-state index in [4.69, 9.17) is 13.9 Å². The summed E-state index contributed by atoms with van der Waals surface area (Å²) in [7, 11) is -1.08. The van der Waals surface area contributed by atoms with Gasteiger partial charge in [-0.1, -0.05) is 42.0 Å². The van der Waals surface area contributed by atoms with E-state index < -0.39 is 16.0 Å². The number of esters is 1. The van der Waals surface area contributed by atoms with Gasteiger partial charge in [-0.2, -0.15) is 0 Å². The summed E-state index contributed by atoms with van der Waals surface area (Å²) >= 11 is 0. The first-order valence-corrected chi connectivity index (χ1v) is 11.0. The van der Waals surface area contributed by atoms with Crippen molar-refractivity contribution in [1.29, 1.82) is 0 Å².